The maximum atomic E-state index is 13.0. The van der Waals surface area contributed by atoms with Gasteiger partial charge in [0.25, 0.3) is 5.91 Å². The monoisotopic (exact) mass is 467 g/mol. The number of esters is 1. The lowest BCUT2D eigenvalue weighted by atomic mass is 10.2. The van der Waals surface area contributed by atoms with Gasteiger partial charge >= 0.3 is 5.97 Å². The molecular formula is C24H25N3O5S. The zero-order valence-corrected chi connectivity index (χ0v) is 19.3. The van der Waals surface area contributed by atoms with Gasteiger partial charge in [-0.1, -0.05) is 18.2 Å². The molecule has 172 valence electrons. The van der Waals surface area contributed by atoms with E-state index in [4.69, 9.17) is 4.74 Å². The van der Waals surface area contributed by atoms with Crippen LogP contribution in [0.1, 0.15) is 28.2 Å². The van der Waals surface area contributed by atoms with E-state index < -0.39 is 34.4 Å². The number of benzene rings is 2. The van der Waals surface area contributed by atoms with E-state index in [1.807, 2.05) is 26.0 Å². The van der Waals surface area contributed by atoms with Gasteiger partial charge in [-0.3, -0.25) is 4.79 Å². The average Bonchev–Trinajstić information content (AvgIpc) is 3.33. The van der Waals surface area contributed by atoms with E-state index >= 15 is 0 Å². The molecule has 2 heterocycles. The lowest BCUT2D eigenvalue weighted by Gasteiger charge is -2.28. The van der Waals surface area contributed by atoms with Crippen LogP contribution >= 0.6 is 0 Å². The van der Waals surface area contributed by atoms with Crippen LogP contribution in [0.2, 0.25) is 0 Å². The first-order chi connectivity index (χ1) is 15.7. The third-order valence-electron chi connectivity index (χ3n) is 5.56. The molecule has 1 aliphatic rings. The van der Waals surface area contributed by atoms with Crippen LogP contribution in [-0.4, -0.2) is 54.2 Å². The highest BCUT2D eigenvalue weighted by Gasteiger charge is 2.35. The third-order valence-corrected chi connectivity index (χ3v) is 7.31. The molecule has 1 unspecified atom stereocenters. The highest BCUT2D eigenvalue weighted by Crippen LogP contribution is 2.25. The smallest absolute Gasteiger partial charge is 0.338 e. The number of sulfone groups is 1. The van der Waals surface area contributed by atoms with E-state index in [0.717, 1.165) is 17.1 Å². The first kappa shape index (κ1) is 22.7. The molecule has 8 nitrogen and oxygen atoms in total. The van der Waals surface area contributed by atoms with Crippen molar-refractivity contribution in [3.05, 3.63) is 77.6 Å². The van der Waals surface area contributed by atoms with Crippen molar-refractivity contribution in [3.63, 3.8) is 0 Å². The fourth-order valence-corrected chi connectivity index (χ4v) is 5.74. The summed E-state index contributed by atoms with van der Waals surface area (Å²) < 4.78 is 31.0. The number of carbonyl (C=O) groups is 2. The number of rotatable bonds is 6. The largest absolute Gasteiger partial charge is 0.452 e. The first-order valence-electron chi connectivity index (χ1n) is 10.6. The van der Waals surface area contributed by atoms with Crippen molar-refractivity contribution in [2.75, 3.05) is 23.0 Å². The summed E-state index contributed by atoms with van der Waals surface area (Å²) >= 11 is 0. The summed E-state index contributed by atoms with van der Waals surface area (Å²) in [4.78, 5) is 27.0. The third kappa shape index (κ3) is 5.14. The number of aromatic nitrogens is 2. The summed E-state index contributed by atoms with van der Waals surface area (Å²) in [5, 5.41) is 4.42. The molecule has 1 amide bonds. The van der Waals surface area contributed by atoms with E-state index in [1.54, 1.807) is 53.2 Å². The summed E-state index contributed by atoms with van der Waals surface area (Å²) in [6.45, 7) is 3.37. The van der Waals surface area contributed by atoms with E-state index in [9.17, 15) is 18.0 Å². The second-order valence-electron chi connectivity index (χ2n) is 8.12. The highest BCUT2D eigenvalue weighted by molar-refractivity contribution is 7.91. The van der Waals surface area contributed by atoms with Crippen molar-refractivity contribution in [1.82, 2.24) is 9.78 Å². The number of carbonyl (C=O) groups excluding carboxylic acids is 2. The molecule has 1 saturated heterocycles. The van der Waals surface area contributed by atoms with Crippen LogP contribution in [0.3, 0.4) is 0 Å². The number of amides is 1. The number of ether oxygens (including phenoxy) is 1. The molecule has 9 heteroatoms. The Balaban J connectivity index is 1.45. The van der Waals surface area contributed by atoms with Crippen LogP contribution in [-0.2, 0) is 19.4 Å². The lowest BCUT2D eigenvalue weighted by Crippen LogP contribution is -2.43. The molecule has 0 saturated carbocycles. The maximum absolute atomic E-state index is 13.0. The summed E-state index contributed by atoms with van der Waals surface area (Å²) in [6, 6.07) is 17.1. The summed E-state index contributed by atoms with van der Waals surface area (Å²) in [5.41, 5.74) is 3.57. The summed E-state index contributed by atoms with van der Waals surface area (Å²) in [6.07, 6.45) is 0.352. The Kier molecular flexibility index (Phi) is 6.33. The second-order valence-corrected chi connectivity index (χ2v) is 10.3. The van der Waals surface area contributed by atoms with Crippen molar-refractivity contribution in [3.8, 4) is 5.69 Å². The van der Waals surface area contributed by atoms with E-state index in [2.05, 4.69) is 5.10 Å². The molecule has 33 heavy (non-hydrogen) atoms. The minimum atomic E-state index is -3.19. The van der Waals surface area contributed by atoms with Crippen LogP contribution in [0.5, 0.6) is 0 Å². The fraction of sp³-hybridized carbons (Fsp3) is 0.292. The number of anilines is 1. The zero-order valence-electron chi connectivity index (χ0n) is 18.5. The summed E-state index contributed by atoms with van der Waals surface area (Å²) in [5.74, 6) is -1.16. The van der Waals surface area contributed by atoms with Gasteiger partial charge in [0.05, 0.1) is 34.5 Å². The van der Waals surface area contributed by atoms with Gasteiger partial charge in [-0.2, -0.15) is 5.10 Å². The molecule has 0 radical (unpaired) electrons. The molecule has 2 aromatic carbocycles. The SMILES string of the molecule is Cc1cc(C)n(-c2ccc(C(=O)OCC(=O)N(c3ccccc3)C3CCS(=O)(=O)C3)cc2)n1. The average molecular weight is 468 g/mol. The van der Waals surface area contributed by atoms with Gasteiger partial charge in [0.2, 0.25) is 0 Å². The van der Waals surface area contributed by atoms with Crippen LogP contribution in [0.25, 0.3) is 5.69 Å². The van der Waals surface area contributed by atoms with Gasteiger partial charge in [-0.15, -0.1) is 0 Å². The minimum Gasteiger partial charge on any atom is -0.452 e. The van der Waals surface area contributed by atoms with E-state index in [-0.39, 0.29) is 11.5 Å². The van der Waals surface area contributed by atoms with E-state index in [1.165, 1.54) is 4.90 Å². The number of para-hydroxylation sites is 1. The van der Waals surface area contributed by atoms with Gasteiger partial charge in [-0.05, 0) is 62.7 Å². The van der Waals surface area contributed by atoms with Crippen LogP contribution < -0.4 is 4.90 Å². The Bertz CT molecular complexity index is 1270. The Labute approximate surface area is 192 Å². The van der Waals surface area contributed by atoms with Gasteiger partial charge in [-0.25, -0.2) is 17.9 Å². The lowest BCUT2D eigenvalue weighted by molar-refractivity contribution is -0.122. The Hall–Kier alpha value is -3.46. The molecule has 1 atom stereocenters. The van der Waals surface area contributed by atoms with Crippen LogP contribution in [0.4, 0.5) is 5.69 Å². The van der Waals surface area contributed by atoms with Crippen molar-refractivity contribution in [2.24, 2.45) is 0 Å². The topological polar surface area (TPSA) is 98.6 Å². The maximum Gasteiger partial charge on any atom is 0.338 e. The Morgan fingerprint density at radius 2 is 1.79 bits per heavy atom. The highest BCUT2D eigenvalue weighted by atomic mass is 32.2. The molecule has 4 rings (SSSR count). The molecule has 0 bridgehead atoms. The molecule has 3 aromatic rings. The van der Waals surface area contributed by atoms with E-state index in [0.29, 0.717) is 17.7 Å². The van der Waals surface area contributed by atoms with Crippen molar-refractivity contribution in [1.29, 1.82) is 0 Å². The van der Waals surface area contributed by atoms with Gasteiger partial charge in [0.15, 0.2) is 16.4 Å². The number of aryl methyl sites for hydroxylation is 2. The minimum absolute atomic E-state index is 0.0374. The predicted octanol–water partition coefficient (Wildman–Crippen LogP) is 2.87. The quantitative estimate of drug-likeness (QED) is 0.517. The molecule has 1 fully saturated rings. The summed E-state index contributed by atoms with van der Waals surface area (Å²) in [7, 11) is -3.19. The fourth-order valence-electron chi connectivity index (χ4n) is 4.04. The Morgan fingerprint density at radius 1 is 1.09 bits per heavy atom. The van der Waals surface area contributed by atoms with Gasteiger partial charge in [0.1, 0.15) is 0 Å². The Morgan fingerprint density at radius 3 is 2.36 bits per heavy atom. The standard InChI is InChI=1S/C24H25N3O5S/c1-17-14-18(2)27(25-17)21-10-8-19(9-11-21)24(29)32-15-23(28)26(20-6-4-3-5-7-20)22-12-13-33(30,31)16-22/h3-11,14,22H,12-13,15-16H2,1-2H3. The molecule has 0 N–H and O–H groups in total. The van der Waals surface area contributed by atoms with Crippen LogP contribution in [0.15, 0.2) is 60.7 Å². The molecule has 0 spiro atoms. The molecule has 1 aliphatic heterocycles. The van der Waals surface area contributed by atoms with Crippen molar-refractivity contribution >= 4 is 27.4 Å². The normalized spacial score (nSPS) is 17.0. The van der Waals surface area contributed by atoms with Crippen molar-refractivity contribution < 1.29 is 22.7 Å². The predicted molar refractivity (Wildman–Crippen MR) is 124 cm³/mol. The molecule has 0 aliphatic carbocycles. The second kappa shape index (κ2) is 9.19. The number of hydrogen-bond donors (Lipinski definition) is 0. The van der Waals surface area contributed by atoms with Gasteiger partial charge in [0, 0.05) is 11.4 Å². The zero-order chi connectivity index (χ0) is 23.6. The first-order valence-corrected chi connectivity index (χ1v) is 12.4. The number of hydrogen-bond acceptors (Lipinski definition) is 6. The molecule has 1 aromatic heterocycles. The molecular weight excluding hydrogens is 442 g/mol. The van der Waals surface area contributed by atoms with Crippen LogP contribution in [0, 0.1) is 13.8 Å². The number of nitrogens with zero attached hydrogens (tertiary/aromatic N) is 3. The van der Waals surface area contributed by atoms with Gasteiger partial charge < -0.3 is 9.64 Å². The van der Waals surface area contributed by atoms with Crippen molar-refractivity contribution in [2.45, 2.75) is 26.3 Å².